The van der Waals surface area contributed by atoms with Gasteiger partial charge in [0.25, 0.3) is 0 Å². The van der Waals surface area contributed by atoms with E-state index in [0.29, 0.717) is 0 Å². The Morgan fingerprint density at radius 3 is 2.33 bits per heavy atom. The van der Waals surface area contributed by atoms with Crippen molar-refractivity contribution in [2.45, 2.75) is 13.3 Å². The third-order valence-corrected chi connectivity index (χ3v) is 4.16. The zero-order valence-corrected chi connectivity index (χ0v) is 12.6. The topological polar surface area (TPSA) is 3.24 Å². The fraction of sp³-hybridized carbons (Fsp3) is 0.263. The third-order valence-electron chi connectivity index (χ3n) is 4.16. The Bertz CT molecular complexity index is 670. The molecule has 0 atom stereocenters. The molecule has 0 spiro atoms. The summed E-state index contributed by atoms with van der Waals surface area (Å²) in [5, 5.41) is 0. The lowest BCUT2D eigenvalue weighted by Gasteiger charge is -2.23. The fourth-order valence-electron chi connectivity index (χ4n) is 2.86. The molecular formula is C19H20FN. The molecule has 108 valence electrons. The highest BCUT2D eigenvalue weighted by atomic mass is 19.1. The van der Waals surface area contributed by atoms with Gasteiger partial charge in [0.05, 0.1) is 0 Å². The second-order valence-corrected chi connectivity index (χ2v) is 5.78. The van der Waals surface area contributed by atoms with Crippen molar-refractivity contribution in [1.82, 2.24) is 4.90 Å². The first-order chi connectivity index (χ1) is 10.1. The Labute approximate surface area is 125 Å². The van der Waals surface area contributed by atoms with Gasteiger partial charge in [0, 0.05) is 13.1 Å². The van der Waals surface area contributed by atoms with Crippen molar-refractivity contribution < 1.29 is 4.39 Å². The lowest BCUT2D eigenvalue weighted by Crippen LogP contribution is -2.23. The standard InChI is InChI=1S/C19H20FN/c1-14-13-17(15-3-6-18(20)7-4-15)5-8-19(14)16-9-11-21(2)12-10-16/h3-9,13H,10-12H2,1-2H3. The molecule has 0 aromatic heterocycles. The molecule has 0 amide bonds. The summed E-state index contributed by atoms with van der Waals surface area (Å²) < 4.78 is 13.0. The van der Waals surface area contributed by atoms with E-state index in [0.717, 1.165) is 30.6 Å². The first-order valence-corrected chi connectivity index (χ1v) is 7.38. The first-order valence-electron chi connectivity index (χ1n) is 7.38. The molecule has 1 heterocycles. The van der Waals surface area contributed by atoms with Crippen LogP contribution in [-0.2, 0) is 0 Å². The quantitative estimate of drug-likeness (QED) is 0.782. The lowest BCUT2D eigenvalue weighted by atomic mass is 9.93. The van der Waals surface area contributed by atoms with E-state index in [2.05, 4.69) is 43.1 Å². The second kappa shape index (κ2) is 5.82. The normalized spacial score (nSPS) is 15.9. The highest BCUT2D eigenvalue weighted by Crippen LogP contribution is 2.29. The van der Waals surface area contributed by atoms with Crippen LogP contribution in [0.4, 0.5) is 4.39 Å². The van der Waals surface area contributed by atoms with Gasteiger partial charge in [0.1, 0.15) is 5.82 Å². The van der Waals surface area contributed by atoms with Gasteiger partial charge in [-0.1, -0.05) is 36.4 Å². The van der Waals surface area contributed by atoms with Crippen molar-refractivity contribution in [3.05, 3.63) is 65.5 Å². The number of nitrogens with zero attached hydrogens (tertiary/aromatic N) is 1. The molecule has 0 saturated carbocycles. The Balaban J connectivity index is 1.91. The Hall–Kier alpha value is -1.93. The molecule has 0 radical (unpaired) electrons. The molecule has 2 aromatic carbocycles. The van der Waals surface area contributed by atoms with Crippen molar-refractivity contribution >= 4 is 5.57 Å². The molecule has 0 saturated heterocycles. The van der Waals surface area contributed by atoms with Crippen LogP contribution in [0, 0.1) is 12.7 Å². The average molecular weight is 281 g/mol. The zero-order chi connectivity index (χ0) is 14.8. The van der Waals surface area contributed by atoms with Crippen molar-refractivity contribution in [2.24, 2.45) is 0 Å². The van der Waals surface area contributed by atoms with E-state index in [1.165, 1.54) is 28.8 Å². The summed E-state index contributed by atoms with van der Waals surface area (Å²) in [6.07, 6.45) is 3.43. The highest BCUT2D eigenvalue weighted by Gasteiger charge is 2.12. The van der Waals surface area contributed by atoms with E-state index in [1.54, 1.807) is 0 Å². The van der Waals surface area contributed by atoms with E-state index in [9.17, 15) is 4.39 Å². The SMILES string of the molecule is Cc1cc(-c2ccc(F)cc2)ccc1C1=CCN(C)CC1. The molecule has 1 aliphatic rings. The minimum absolute atomic E-state index is 0.191. The predicted octanol–water partition coefficient (Wildman–Crippen LogP) is 4.52. The predicted molar refractivity (Wildman–Crippen MR) is 86.7 cm³/mol. The molecular weight excluding hydrogens is 261 g/mol. The average Bonchev–Trinajstić information content (AvgIpc) is 2.49. The van der Waals surface area contributed by atoms with Gasteiger partial charge >= 0.3 is 0 Å². The van der Waals surface area contributed by atoms with Crippen LogP contribution in [0.3, 0.4) is 0 Å². The summed E-state index contributed by atoms with van der Waals surface area (Å²) in [6, 6.07) is 13.2. The third kappa shape index (κ3) is 3.06. The number of halogens is 1. The first kappa shape index (κ1) is 14.0. The van der Waals surface area contributed by atoms with E-state index >= 15 is 0 Å². The Morgan fingerprint density at radius 2 is 1.71 bits per heavy atom. The highest BCUT2D eigenvalue weighted by molar-refractivity contribution is 5.73. The number of likely N-dealkylation sites (N-methyl/N-ethyl adjacent to an activating group) is 1. The second-order valence-electron chi connectivity index (χ2n) is 5.78. The summed E-state index contributed by atoms with van der Waals surface area (Å²) >= 11 is 0. The molecule has 1 nitrogen and oxygen atoms in total. The van der Waals surface area contributed by atoms with E-state index in [-0.39, 0.29) is 5.82 Å². The van der Waals surface area contributed by atoms with Crippen LogP contribution in [-0.4, -0.2) is 25.0 Å². The van der Waals surface area contributed by atoms with E-state index in [4.69, 9.17) is 0 Å². The molecule has 1 aliphatic heterocycles. The number of hydrogen-bond donors (Lipinski definition) is 0. The Kier molecular flexibility index (Phi) is 3.89. The van der Waals surface area contributed by atoms with Gasteiger partial charge in [-0.05, 0) is 60.4 Å². The van der Waals surface area contributed by atoms with Gasteiger partial charge in [-0.25, -0.2) is 4.39 Å². The molecule has 0 fully saturated rings. The van der Waals surface area contributed by atoms with Crippen molar-refractivity contribution in [3.8, 4) is 11.1 Å². The minimum Gasteiger partial charge on any atom is -0.302 e. The van der Waals surface area contributed by atoms with Crippen LogP contribution in [0.15, 0.2) is 48.5 Å². The summed E-state index contributed by atoms with van der Waals surface area (Å²) in [4.78, 5) is 2.33. The van der Waals surface area contributed by atoms with Gasteiger partial charge in [-0.2, -0.15) is 0 Å². The molecule has 0 bridgehead atoms. The van der Waals surface area contributed by atoms with E-state index < -0.39 is 0 Å². The van der Waals surface area contributed by atoms with Gasteiger partial charge in [0.2, 0.25) is 0 Å². The molecule has 0 N–H and O–H groups in total. The molecule has 3 rings (SSSR count). The lowest BCUT2D eigenvalue weighted by molar-refractivity contribution is 0.370. The molecule has 21 heavy (non-hydrogen) atoms. The Morgan fingerprint density at radius 1 is 1.00 bits per heavy atom. The number of benzene rings is 2. The van der Waals surface area contributed by atoms with Crippen LogP contribution in [0.1, 0.15) is 17.5 Å². The monoisotopic (exact) mass is 281 g/mol. The maximum Gasteiger partial charge on any atom is 0.123 e. The number of rotatable bonds is 2. The minimum atomic E-state index is -0.191. The largest absolute Gasteiger partial charge is 0.302 e. The van der Waals surface area contributed by atoms with Crippen LogP contribution in [0.2, 0.25) is 0 Å². The number of hydrogen-bond acceptors (Lipinski definition) is 1. The molecule has 2 aromatic rings. The maximum absolute atomic E-state index is 13.0. The molecule has 0 aliphatic carbocycles. The summed E-state index contributed by atoms with van der Waals surface area (Å²) in [5.41, 5.74) is 6.27. The molecule has 2 heteroatoms. The van der Waals surface area contributed by atoms with Gasteiger partial charge in [0.15, 0.2) is 0 Å². The van der Waals surface area contributed by atoms with Crippen molar-refractivity contribution in [3.63, 3.8) is 0 Å². The van der Waals surface area contributed by atoms with Crippen LogP contribution in [0.25, 0.3) is 16.7 Å². The van der Waals surface area contributed by atoms with Crippen LogP contribution in [0.5, 0.6) is 0 Å². The summed E-state index contributed by atoms with van der Waals surface area (Å²) in [7, 11) is 2.15. The smallest absolute Gasteiger partial charge is 0.123 e. The van der Waals surface area contributed by atoms with Gasteiger partial charge in [-0.15, -0.1) is 0 Å². The molecule has 0 unspecified atom stereocenters. The summed E-state index contributed by atoms with van der Waals surface area (Å²) in [5.74, 6) is -0.191. The fourth-order valence-corrected chi connectivity index (χ4v) is 2.86. The van der Waals surface area contributed by atoms with Gasteiger partial charge in [-0.3, -0.25) is 0 Å². The maximum atomic E-state index is 13.0. The van der Waals surface area contributed by atoms with Crippen LogP contribution >= 0.6 is 0 Å². The zero-order valence-electron chi connectivity index (χ0n) is 12.6. The van der Waals surface area contributed by atoms with Crippen molar-refractivity contribution in [2.75, 3.05) is 20.1 Å². The van der Waals surface area contributed by atoms with Crippen molar-refractivity contribution in [1.29, 1.82) is 0 Å². The van der Waals surface area contributed by atoms with Gasteiger partial charge < -0.3 is 4.90 Å². The van der Waals surface area contributed by atoms with E-state index in [1.807, 2.05) is 12.1 Å². The van der Waals surface area contributed by atoms with Crippen LogP contribution < -0.4 is 0 Å². The number of aryl methyl sites for hydroxylation is 1. The summed E-state index contributed by atoms with van der Waals surface area (Å²) in [6.45, 7) is 4.29.